The maximum Gasteiger partial charge on any atom is 0.331 e. The Balaban J connectivity index is 1.96. The van der Waals surface area contributed by atoms with E-state index in [4.69, 9.17) is 16.3 Å². The fourth-order valence-electron chi connectivity index (χ4n) is 2.58. The molecule has 6 heteroatoms. The highest BCUT2D eigenvalue weighted by Gasteiger charge is 2.12. The lowest BCUT2D eigenvalue weighted by Crippen LogP contribution is -2.21. The molecule has 2 aromatic carbocycles. The lowest BCUT2D eigenvalue weighted by atomic mass is 10.0. The number of ether oxygens (including phenoxy) is 1. The van der Waals surface area contributed by atoms with Crippen molar-refractivity contribution in [3.8, 4) is 0 Å². The number of esters is 1. The highest BCUT2D eigenvalue weighted by atomic mass is 35.5. The maximum absolute atomic E-state index is 13.6. The van der Waals surface area contributed by atoms with Crippen molar-refractivity contribution in [3.05, 3.63) is 70.0 Å². The molecule has 0 saturated heterocycles. The molecule has 0 spiro atoms. The molecule has 0 saturated carbocycles. The Bertz CT molecular complexity index is 822. The molecule has 0 fully saturated rings. The van der Waals surface area contributed by atoms with Crippen LogP contribution in [0.25, 0.3) is 6.08 Å². The van der Waals surface area contributed by atoms with Gasteiger partial charge >= 0.3 is 5.97 Å². The van der Waals surface area contributed by atoms with E-state index in [1.54, 1.807) is 0 Å². The van der Waals surface area contributed by atoms with Crippen LogP contribution >= 0.6 is 11.6 Å². The summed E-state index contributed by atoms with van der Waals surface area (Å²) in [5, 5.41) is 2.99. The molecule has 4 nitrogen and oxygen atoms in total. The molecule has 0 aliphatic heterocycles. The minimum absolute atomic E-state index is 0.0880. The summed E-state index contributed by atoms with van der Waals surface area (Å²) >= 11 is 5.88. The van der Waals surface area contributed by atoms with Crippen LogP contribution in [-0.2, 0) is 27.2 Å². The zero-order chi connectivity index (χ0) is 19.8. The van der Waals surface area contributed by atoms with Crippen molar-refractivity contribution in [2.75, 3.05) is 11.9 Å². The number of hydrogen-bond donors (Lipinski definition) is 1. The van der Waals surface area contributed by atoms with Crippen LogP contribution in [0.15, 0.2) is 42.5 Å². The number of nitrogens with one attached hydrogen (secondary N) is 1. The third kappa shape index (κ3) is 5.66. The first-order chi connectivity index (χ1) is 13.0. The number of carbonyl (C=O) groups is 2. The average molecular weight is 390 g/mol. The first-order valence-electron chi connectivity index (χ1n) is 8.65. The standard InChI is InChI=1S/C21H21ClFNO3/c1-3-14-7-5-8-15(4-2)21(14)24-19(25)13-27-20(26)12-11-16-17(22)9-6-10-18(16)23/h5-12H,3-4,13H2,1-2H3,(H,24,25)/b12-11+. The second-order valence-corrected chi connectivity index (χ2v) is 6.19. The van der Waals surface area contributed by atoms with Crippen molar-refractivity contribution in [3.63, 3.8) is 0 Å². The zero-order valence-electron chi connectivity index (χ0n) is 15.2. The van der Waals surface area contributed by atoms with Crippen LogP contribution in [0.4, 0.5) is 10.1 Å². The molecule has 27 heavy (non-hydrogen) atoms. The third-order valence-electron chi connectivity index (χ3n) is 3.99. The monoisotopic (exact) mass is 389 g/mol. The Hall–Kier alpha value is -2.66. The van der Waals surface area contributed by atoms with E-state index in [9.17, 15) is 14.0 Å². The van der Waals surface area contributed by atoms with Crippen LogP contribution in [-0.4, -0.2) is 18.5 Å². The number of halogens is 2. The smallest absolute Gasteiger partial charge is 0.331 e. The van der Waals surface area contributed by atoms with Crippen molar-refractivity contribution >= 4 is 35.2 Å². The van der Waals surface area contributed by atoms with Gasteiger partial charge in [0.1, 0.15) is 5.82 Å². The Labute approximate surface area is 163 Å². The lowest BCUT2D eigenvalue weighted by Gasteiger charge is -2.14. The zero-order valence-corrected chi connectivity index (χ0v) is 16.0. The van der Waals surface area contributed by atoms with Crippen LogP contribution in [0.2, 0.25) is 5.02 Å². The molecule has 2 aromatic rings. The van der Waals surface area contributed by atoms with Gasteiger partial charge in [-0.05, 0) is 42.2 Å². The molecule has 0 atom stereocenters. The molecule has 142 valence electrons. The topological polar surface area (TPSA) is 55.4 Å². The minimum Gasteiger partial charge on any atom is -0.452 e. The van der Waals surface area contributed by atoms with Crippen molar-refractivity contribution in [1.82, 2.24) is 0 Å². The van der Waals surface area contributed by atoms with Gasteiger partial charge in [0.05, 0.1) is 5.02 Å². The number of aryl methyl sites for hydroxylation is 2. The van der Waals surface area contributed by atoms with Crippen molar-refractivity contribution < 1.29 is 18.7 Å². The summed E-state index contributed by atoms with van der Waals surface area (Å²) < 4.78 is 18.6. The highest BCUT2D eigenvalue weighted by Crippen LogP contribution is 2.22. The van der Waals surface area contributed by atoms with Crippen molar-refractivity contribution in [2.45, 2.75) is 26.7 Å². The molecule has 0 aliphatic carbocycles. The average Bonchev–Trinajstić information content (AvgIpc) is 2.66. The summed E-state index contributed by atoms with van der Waals surface area (Å²) in [5.41, 5.74) is 2.88. The SMILES string of the molecule is CCc1cccc(CC)c1NC(=O)COC(=O)/C=C/c1c(F)cccc1Cl. The molecular weight excluding hydrogens is 369 g/mol. The van der Waals surface area contributed by atoms with E-state index >= 15 is 0 Å². The van der Waals surface area contributed by atoms with E-state index < -0.39 is 24.3 Å². The highest BCUT2D eigenvalue weighted by molar-refractivity contribution is 6.32. The normalized spacial score (nSPS) is 10.8. The second kappa shape index (κ2) is 9.88. The minimum atomic E-state index is -0.760. The van der Waals surface area contributed by atoms with Gasteiger partial charge < -0.3 is 10.1 Å². The summed E-state index contributed by atoms with van der Waals surface area (Å²) in [4.78, 5) is 23.9. The Kier molecular flexibility index (Phi) is 7.55. The predicted molar refractivity (Wildman–Crippen MR) is 105 cm³/mol. The first kappa shape index (κ1) is 20.6. The summed E-state index contributed by atoms with van der Waals surface area (Å²) in [7, 11) is 0. The summed E-state index contributed by atoms with van der Waals surface area (Å²) in [5.74, 6) is -1.74. The van der Waals surface area contributed by atoms with Gasteiger partial charge in [-0.15, -0.1) is 0 Å². The number of anilines is 1. The van der Waals surface area contributed by atoms with Gasteiger partial charge in [0.15, 0.2) is 6.61 Å². The Morgan fingerprint density at radius 2 is 1.74 bits per heavy atom. The first-order valence-corrected chi connectivity index (χ1v) is 9.03. The third-order valence-corrected chi connectivity index (χ3v) is 4.32. The second-order valence-electron chi connectivity index (χ2n) is 5.78. The van der Waals surface area contributed by atoms with Gasteiger partial charge in [0.2, 0.25) is 0 Å². The van der Waals surface area contributed by atoms with Crippen LogP contribution < -0.4 is 5.32 Å². The summed E-state index contributed by atoms with van der Waals surface area (Å²) in [6.07, 6.45) is 3.80. The molecular formula is C21H21ClFNO3. The van der Waals surface area contributed by atoms with Crippen molar-refractivity contribution in [2.24, 2.45) is 0 Å². The lowest BCUT2D eigenvalue weighted by molar-refractivity contribution is -0.142. The fraction of sp³-hybridized carbons (Fsp3) is 0.238. The largest absolute Gasteiger partial charge is 0.452 e. The van der Waals surface area contributed by atoms with E-state index in [2.05, 4.69) is 5.32 Å². The van der Waals surface area contributed by atoms with E-state index in [-0.39, 0.29) is 10.6 Å². The van der Waals surface area contributed by atoms with Crippen LogP contribution in [0.3, 0.4) is 0 Å². The molecule has 0 radical (unpaired) electrons. The Morgan fingerprint density at radius 1 is 1.11 bits per heavy atom. The number of amides is 1. The van der Waals surface area contributed by atoms with Gasteiger partial charge in [-0.2, -0.15) is 0 Å². The maximum atomic E-state index is 13.6. The van der Waals surface area contributed by atoms with Crippen LogP contribution in [0.1, 0.15) is 30.5 Å². The van der Waals surface area contributed by atoms with E-state index in [1.807, 2.05) is 32.0 Å². The quantitative estimate of drug-likeness (QED) is 0.546. The van der Waals surface area contributed by atoms with Crippen LogP contribution in [0, 0.1) is 5.82 Å². The molecule has 0 unspecified atom stereocenters. The molecule has 0 bridgehead atoms. The number of rotatable bonds is 7. The molecule has 2 rings (SSSR count). The number of benzene rings is 2. The van der Waals surface area contributed by atoms with Crippen LogP contribution in [0.5, 0.6) is 0 Å². The Morgan fingerprint density at radius 3 is 2.33 bits per heavy atom. The van der Waals surface area contributed by atoms with Gasteiger partial charge in [-0.3, -0.25) is 4.79 Å². The van der Waals surface area contributed by atoms with Gasteiger partial charge in [-0.25, -0.2) is 9.18 Å². The van der Waals surface area contributed by atoms with E-state index in [0.29, 0.717) is 0 Å². The number of para-hydroxylation sites is 1. The predicted octanol–water partition coefficient (Wildman–Crippen LogP) is 4.80. The molecule has 0 aromatic heterocycles. The van der Waals surface area contributed by atoms with Crippen molar-refractivity contribution in [1.29, 1.82) is 0 Å². The fourth-order valence-corrected chi connectivity index (χ4v) is 2.81. The number of carbonyl (C=O) groups excluding carboxylic acids is 2. The summed E-state index contributed by atoms with van der Waals surface area (Å²) in [6, 6.07) is 10.1. The van der Waals surface area contributed by atoms with E-state index in [0.717, 1.165) is 35.7 Å². The molecule has 1 N–H and O–H groups in total. The van der Waals surface area contributed by atoms with E-state index in [1.165, 1.54) is 24.3 Å². The number of hydrogen-bond acceptors (Lipinski definition) is 3. The molecule has 0 heterocycles. The van der Waals surface area contributed by atoms with Gasteiger partial charge in [-0.1, -0.05) is 49.7 Å². The summed E-state index contributed by atoms with van der Waals surface area (Å²) in [6.45, 7) is 3.57. The molecule has 0 aliphatic rings. The molecule has 1 amide bonds. The van der Waals surface area contributed by atoms with Gasteiger partial charge in [0, 0.05) is 17.3 Å². The van der Waals surface area contributed by atoms with Gasteiger partial charge in [0.25, 0.3) is 5.91 Å².